The Morgan fingerprint density at radius 1 is 1.15 bits per heavy atom. The van der Waals surface area contributed by atoms with Crippen molar-refractivity contribution in [3.05, 3.63) is 35.4 Å². The van der Waals surface area contributed by atoms with Gasteiger partial charge in [0.15, 0.2) is 0 Å². The largest absolute Gasteiger partial charge is 0.328 e. The summed E-state index contributed by atoms with van der Waals surface area (Å²) in [6.07, 6.45) is 0.981. The van der Waals surface area contributed by atoms with Crippen molar-refractivity contribution in [1.29, 1.82) is 0 Å². The van der Waals surface area contributed by atoms with Gasteiger partial charge in [-0.3, -0.25) is 0 Å². The van der Waals surface area contributed by atoms with E-state index < -0.39 is 0 Å². The van der Waals surface area contributed by atoms with Crippen molar-refractivity contribution >= 4 is 0 Å². The van der Waals surface area contributed by atoms with Crippen LogP contribution in [0.25, 0.3) is 0 Å². The molecule has 1 heteroatoms. The molecule has 0 amide bonds. The summed E-state index contributed by atoms with van der Waals surface area (Å²) in [7, 11) is 0. The van der Waals surface area contributed by atoms with E-state index in [1.807, 2.05) is 0 Å². The van der Waals surface area contributed by atoms with Crippen LogP contribution in [-0.2, 0) is 6.42 Å². The lowest BCUT2D eigenvalue weighted by Crippen LogP contribution is -2.18. The molecule has 0 spiro atoms. The molecule has 0 aliphatic rings. The van der Waals surface area contributed by atoms with Crippen molar-refractivity contribution in [3.63, 3.8) is 0 Å². The summed E-state index contributed by atoms with van der Waals surface area (Å²) < 4.78 is 0. The highest BCUT2D eigenvalue weighted by Crippen LogP contribution is 2.19. The molecule has 1 aromatic rings. The SMILES string of the molecule is CC(N)Cc1ccccc1C(C)C. The molecule has 0 fully saturated rings. The fourth-order valence-corrected chi connectivity index (χ4v) is 1.63. The van der Waals surface area contributed by atoms with Crippen LogP contribution >= 0.6 is 0 Å². The molecule has 0 saturated heterocycles. The Balaban J connectivity index is 2.91. The highest BCUT2D eigenvalue weighted by atomic mass is 14.6. The first-order valence-electron chi connectivity index (χ1n) is 4.94. The molecule has 0 heterocycles. The number of hydrogen-bond acceptors (Lipinski definition) is 1. The van der Waals surface area contributed by atoms with Crippen LogP contribution in [0, 0.1) is 0 Å². The molecule has 13 heavy (non-hydrogen) atoms. The Kier molecular flexibility index (Phi) is 3.49. The topological polar surface area (TPSA) is 26.0 Å². The summed E-state index contributed by atoms with van der Waals surface area (Å²) in [5.41, 5.74) is 8.62. The maximum Gasteiger partial charge on any atom is 0.00510 e. The molecule has 0 aliphatic carbocycles. The zero-order valence-electron chi connectivity index (χ0n) is 8.75. The highest BCUT2D eigenvalue weighted by molar-refractivity contribution is 5.30. The van der Waals surface area contributed by atoms with Gasteiger partial charge in [-0.25, -0.2) is 0 Å². The number of benzene rings is 1. The summed E-state index contributed by atoms with van der Waals surface area (Å²) >= 11 is 0. The first kappa shape index (κ1) is 10.3. The van der Waals surface area contributed by atoms with Crippen molar-refractivity contribution in [2.24, 2.45) is 5.73 Å². The minimum atomic E-state index is 0.250. The molecule has 0 aromatic heterocycles. The lowest BCUT2D eigenvalue weighted by Gasteiger charge is -2.13. The third-order valence-electron chi connectivity index (χ3n) is 2.22. The number of rotatable bonds is 3. The Hall–Kier alpha value is -0.820. The third kappa shape index (κ3) is 2.85. The van der Waals surface area contributed by atoms with E-state index >= 15 is 0 Å². The quantitative estimate of drug-likeness (QED) is 0.754. The second-order valence-electron chi connectivity index (χ2n) is 4.03. The Bertz CT molecular complexity index is 264. The van der Waals surface area contributed by atoms with Crippen LogP contribution in [0.3, 0.4) is 0 Å². The van der Waals surface area contributed by atoms with Crippen molar-refractivity contribution < 1.29 is 0 Å². The molecule has 0 aliphatic heterocycles. The molecular formula is C12H19N. The summed E-state index contributed by atoms with van der Waals surface area (Å²) in [6.45, 7) is 6.50. The van der Waals surface area contributed by atoms with Gasteiger partial charge in [0, 0.05) is 6.04 Å². The fraction of sp³-hybridized carbons (Fsp3) is 0.500. The van der Waals surface area contributed by atoms with Gasteiger partial charge in [-0.1, -0.05) is 38.1 Å². The molecule has 72 valence electrons. The van der Waals surface area contributed by atoms with E-state index in [-0.39, 0.29) is 6.04 Å². The highest BCUT2D eigenvalue weighted by Gasteiger charge is 2.06. The summed E-state index contributed by atoms with van der Waals surface area (Å²) in [5, 5.41) is 0. The van der Waals surface area contributed by atoms with E-state index in [4.69, 9.17) is 5.73 Å². The zero-order valence-corrected chi connectivity index (χ0v) is 8.75. The van der Waals surface area contributed by atoms with Gasteiger partial charge >= 0.3 is 0 Å². The fourth-order valence-electron chi connectivity index (χ4n) is 1.63. The summed E-state index contributed by atoms with van der Waals surface area (Å²) in [4.78, 5) is 0. The van der Waals surface area contributed by atoms with Crippen LogP contribution in [0.2, 0.25) is 0 Å². The molecule has 1 unspecified atom stereocenters. The van der Waals surface area contributed by atoms with Crippen LogP contribution in [0.4, 0.5) is 0 Å². The first-order chi connectivity index (χ1) is 6.11. The average Bonchev–Trinajstić information content (AvgIpc) is 2.03. The average molecular weight is 177 g/mol. The van der Waals surface area contributed by atoms with Crippen LogP contribution in [-0.4, -0.2) is 6.04 Å². The minimum Gasteiger partial charge on any atom is -0.328 e. The van der Waals surface area contributed by atoms with Gasteiger partial charge in [-0.05, 0) is 30.4 Å². The van der Waals surface area contributed by atoms with Crippen LogP contribution in [0.5, 0.6) is 0 Å². The Labute approximate surface area is 81.0 Å². The van der Waals surface area contributed by atoms with Gasteiger partial charge in [-0.2, -0.15) is 0 Å². The Morgan fingerprint density at radius 2 is 1.77 bits per heavy atom. The van der Waals surface area contributed by atoms with Crippen molar-refractivity contribution in [3.8, 4) is 0 Å². The van der Waals surface area contributed by atoms with Gasteiger partial charge in [-0.15, -0.1) is 0 Å². The van der Waals surface area contributed by atoms with Gasteiger partial charge in [0.1, 0.15) is 0 Å². The standard InChI is InChI=1S/C12H19N/c1-9(2)12-7-5-4-6-11(12)8-10(3)13/h4-7,9-10H,8,13H2,1-3H3. The normalized spacial score (nSPS) is 13.3. The molecule has 0 bridgehead atoms. The molecule has 1 rings (SSSR count). The minimum absolute atomic E-state index is 0.250. The van der Waals surface area contributed by atoms with Crippen LogP contribution in [0.1, 0.15) is 37.8 Å². The smallest absolute Gasteiger partial charge is 0.00510 e. The van der Waals surface area contributed by atoms with Gasteiger partial charge in [0.05, 0.1) is 0 Å². The van der Waals surface area contributed by atoms with Gasteiger partial charge < -0.3 is 5.73 Å². The second kappa shape index (κ2) is 4.43. The molecule has 0 saturated carbocycles. The van der Waals surface area contributed by atoms with E-state index in [1.165, 1.54) is 11.1 Å². The Morgan fingerprint density at radius 3 is 2.31 bits per heavy atom. The van der Waals surface area contributed by atoms with Gasteiger partial charge in [0.2, 0.25) is 0 Å². The molecule has 1 atom stereocenters. The lowest BCUT2D eigenvalue weighted by molar-refractivity contribution is 0.721. The van der Waals surface area contributed by atoms with Crippen molar-refractivity contribution in [1.82, 2.24) is 0 Å². The number of nitrogens with two attached hydrogens (primary N) is 1. The third-order valence-corrected chi connectivity index (χ3v) is 2.22. The molecule has 2 N–H and O–H groups in total. The predicted molar refractivity (Wildman–Crippen MR) is 57.9 cm³/mol. The number of hydrogen-bond donors (Lipinski definition) is 1. The maximum absolute atomic E-state index is 5.79. The maximum atomic E-state index is 5.79. The second-order valence-corrected chi connectivity index (χ2v) is 4.03. The van der Waals surface area contributed by atoms with Crippen molar-refractivity contribution in [2.75, 3.05) is 0 Å². The van der Waals surface area contributed by atoms with Gasteiger partial charge in [0.25, 0.3) is 0 Å². The van der Waals surface area contributed by atoms with E-state index in [0.717, 1.165) is 6.42 Å². The molecule has 1 nitrogen and oxygen atoms in total. The van der Waals surface area contributed by atoms with Crippen LogP contribution in [0.15, 0.2) is 24.3 Å². The van der Waals surface area contributed by atoms with Crippen molar-refractivity contribution in [2.45, 2.75) is 39.2 Å². The summed E-state index contributed by atoms with van der Waals surface area (Å²) in [6, 6.07) is 8.81. The molecule has 0 radical (unpaired) electrons. The first-order valence-corrected chi connectivity index (χ1v) is 4.94. The molecular weight excluding hydrogens is 158 g/mol. The van der Waals surface area contributed by atoms with E-state index in [9.17, 15) is 0 Å². The van der Waals surface area contributed by atoms with Crippen LogP contribution < -0.4 is 5.73 Å². The molecule has 1 aromatic carbocycles. The van der Waals surface area contributed by atoms with E-state index in [2.05, 4.69) is 45.0 Å². The monoisotopic (exact) mass is 177 g/mol. The zero-order chi connectivity index (χ0) is 9.84. The van der Waals surface area contributed by atoms with E-state index in [0.29, 0.717) is 5.92 Å². The van der Waals surface area contributed by atoms with E-state index in [1.54, 1.807) is 0 Å². The lowest BCUT2D eigenvalue weighted by atomic mass is 9.94. The summed E-state index contributed by atoms with van der Waals surface area (Å²) in [5.74, 6) is 0.593. The predicted octanol–water partition coefficient (Wildman–Crippen LogP) is 2.70.